The Morgan fingerprint density at radius 2 is 1.75 bits per heavy atom. The molecule has 6 rings (SSSR count). The van der Waals surface area contributed by atoms with Gasteiger partial charge in [0.05, 0.1) is 28.2 Å². The van der Waals surface area contributed by atoms with E-state index in [2.05, 4.69) is 60.1 Å². The fraction of sp³-hybridized carbons (Fsp3) is 0.200. The maximum atomic E-state index is 9.38. The van der Waals surface area contributed by atoms with Gasteiger partial charge in [-0.15, -0.1) is 0 Å². The van der Waals surface area contributed by atoms with Gasteiger partial charge in [0.2, 0.25) is 5.82 Å². The van der Waals surface area contributed by atoms with Crippen LogP contribution in [0.25, 0.3) is 28.1 Å². The average Bonchev–Trinajstić information content (AvgIpc) is 3.37. The molecule has 0 saturated carbocycles. The molecule has 1 saturated heterocycles. The molecule has 1 aliphatic heterocycles. The summed E-state index contributed by atoms with van der Waals surface area (Å²) in [6.07, 6.45) is 5.25. The molecule has 1 aliphatic rings. The number of nitrogen functional groups attached to an aromatic ring is 1. The second-order valence-corrected chi connectivity index (χ2v) is 9.76. The number of nitrogens with one attached hydrogen (secondary N) is 1. The van der Waals surface area contributed by atoms with Crippen molar-refractivity contribution in [1.82, 2.24) is 29.4 Å². The number of aromatic nitrogens is 5. The van der Waals surface area contributed by atoms with Crippen molar-refractivity contribution in [1.29, 1.82) is 10.5 Å². The topological polar surface area (TPSA) is 145 Å². The van der Waals surface area contributed by atoms with Gasteiger partial charge in [-0.1, -0.05) is 12.1 Å². The lowest BCUT2D eigenvalue weighted by Gasteiger charge is -2.32. The van der Waals surface area contributed by atoms with E-state index in [0.29, 0.717) is 29.1 Å². The normalized spacial score (nSPS) is 14.1. The van der Waals surface area contributed by atoms with Gasteiger partial charge in [-0.2, -0.15) is 10.5 Å². The molecule has 10 heteroatoms. The SMILES string of the molecule is N#Cc1ccc2c(c1)nc(-c1cccnc1N)n2-c1ccc(CN2CCC(Nc3ccnc(C#N)n3)CC2)cc1. The monoisotopic (exact) mass is 526 g/mol. The van der Waals surface area contributed by atoms with Crippen LogP contribution in [0.1, 0.15) is 29.8 Å². The van der Waals surface area contributed by atoms with Crippen LogP contribution >= 0.6 is 0 Å². The molecule has 0 aliphatic carbocycles. The first-order valence-electron chi connectivity index (χ1n) is 13.1. The van der Waals surface area contributed by atoms with E-state index in [0.717, 1.165) is 54.8 Å². The molecule has 0 spiro atoms. The van der Waals surface area contributed by atoms with Crippen molar-refractivity contribution in [3.63, 3.8) is 0 Å². The standard InChI is InChI=1S/C30H26N10/c31-17-21-5-8-26-25(16-21)37-30(24-2-1-12-35-29(24)33)40(26)23-6-3-20(4-7-23)19-39-14-10-22(11-15-39)36-27-9-13-34-28(18-32)38-27/h1-9,12-13,16,22H,10-11,14-15,19H2,(H2,33,35)(H,34,36,38). The van der Waals surface area contributed by atoms with E-state index in [-0.39, 0.29) is 5.82 Å². The van der Waals surface area contributed by atoms with Crippen LogP contribution in [0.5, 0.6) is 0 Å². The van der Waals surface area contributed by atoms with Crippen LogP contribution in [-0.4, -0.2) is 48.5 Å². The number of rotatable bonds is 6. The smallest absolute Gasteiger partial charge is 0.234 e. The minimum atomic E-state index is 0.178. The Morgan fingerprint density at radius 3 is 2.50 bits per heavy atom. The number of hydrogen-bond donors (Lipinski definition) is 2. The quantitative estimate of drug-likeness (QED) is 0.331. The largest absolute Gasteiger partial charge is 0.383 e. The maximum absolute atomic E-state index is 9.38. The third-order valence-electron chi connectivity index (χ3n) is 7.16. The Kier molecular flexibility index (Phi) is 6.75. The van der Waals surface area contributed by atoms with Crippen LogP contribution in [0, 0.1) is 22.7 Å². The zero-order chi connectivity index (χ0) is 27.5. The van der Waals surface area contributed by atoms with Crippen molar-refractivity contribution in [2.24, 2.45) is 0 Å². The minimum absolute atomic E-state index is 0.178. The fourth-order valence-corrected chi connectivity index (χ4v) is 5.14. The molecular formula is C30H26N10. The Bertz CT molecular complexity index is 1750. The van der Waals surface area contributed by atoms with E-state index >= 15 is 0 Å². The van der Waals surface area contributed by atoms with E-state index in [9.17, 15) is 5.26 Å². The Labute approximate surface area is 231 Å². The van der Waals surface area contributed by atoms with Crippen LogP contribution in [-0.2, 0) is 6.54 Å². The van der Waals surface area contributed by atoms with Gasteiger partial charge >= 0.3 is 0 Å². The molecule has 10 nitrogen and oxygen atoms in total. The Morgan fingerprint density at radius 1 is 0.925 bits per heavy atom. The maximum Gasteiger partial charge on any atom is 0.234 e. The molecule has 196 valence electrons. The summed E-state index contributed by atoms with van der Waals surface area (Å²) in [6.45, 7) is 2.79. The zero-order valence-electron chi connectivity index (χ0n) is 21.7. The lowest BCUT2D eigenvalue weighted by atomic mass is 10.0. The van der Waals surface area contributed by atoms with Crippen molar-refractivity contribution in [3.05, 3.63) is 90.0 Å². The van der Waals surface area contributed by atoms with E-state index in [1.807, 2.05) is 24.3 Å². The number of nitrogens with zero attached hydrogens (tertiary/aromatic N) is 8. The number of piperidine rings is 1. The molecule has 5 aromatic rings. The lowest BCUT2D eigenvalue weighted by Crippen LogP contribution is -2.38. The number of nitriles is 2. The highest BCUT2D eigenvalue weighted by atomic mass is 15.2. The first-order chi connectivity index (χ1) is 19.6. The predicted octanol–water partition coefficient (Wildman–Crippen LogP) is 4.28. The van der Waals surface area contributed by atoms with Gasteiger partial charge in [0.25, 0.3) is 0 Å². The molecule has 40 heavy (non-hydrogen) atoms. The summed E-state index contributed by atoms with van der Waals surface area (Å²) in [6, 6.07) is 24.1. The highest BCUT2D eigenvalue weighted by Crippen LogP contribution is 2.31. The molecule has 0 radical (unpaired) electrons. The Hall–Kier alpha value is -5.32. The molecule has 0 bridgehead atoms. The third-order valence-corrected chi connectivity index (χ3v) is 7.16. The van der Waals surface area contributed by atoms with Gasteiger partial charge in [-0.05, 0) is 66.9 Å². The summed E-state index contributed by atoms with van der Waals surface area (Å²) in [5.74, 6) is 1.96. The molecule has 0 amide bonds. The van der Waals surface area contributed by atoms with E-state index in [1.54, 1.807) is 30.6 Å². The summed E-state index contributed by atoms with van der Waals surface area (Å²) >= 11 is 0. The summed E-state index contributed by atoms with van der Waals surface area (Å²) < 4.78 is 2.07. The first-order valence-corrected chi connectivity index (χ1v) is 13.1. The fourth-order valence-electron chi connectivity index (χ4n) is 5.14. The van der Waals surface area contributed by atoms with Gasteiger partial charge in [0, 0.05) is 43.8 Å². The lowest BCUT2D eigenvalue weighted by molar-refractivity contribution is 0.211. The highest BCUT2D eigenvalue weighted by molar-refractivity contribution is 5.86. The number of anilines is 2. The number of benzene rings is 2. The van der Waals surface area contributed by atoms with Crippen molar-refractivity contribution < 1.29 is 0 Å². The van der Waals surface area contributed by atoms with Crippen molar-refractivity contribution in [3.8, 4) is 29.2 Å². The van der Waals surface area contributed by atoms with Gasteiger partial charge in [-0.3, -0.25) is 9.47 Å². The highest BCUT2D eigenvalue weighted by Gasteiger charge is 2.21. The third kappa shape index (κ3) is 5.04. The average molecular weight is 527 g/mol. The van der Waals surface area contributed by atoms with Crippen LogP contribution in [0.3, 0.4) is 0 Å². The molecular weight excluding hydrogens is 500 g/mol. The second kappa shape index (κ2) is 10.8. The summed E-state index contributed by atoms with van der Waals surface area (Å²) in [7, 11) is 0. The molecule has 0 unspecified atom stereocenters. The van der Waals surface area contributed by atoms with E-state index < -0.39 is 0 Å². The van der Waals surface area contributed by atoms with Crippen LogP contribution in [0.4, 0.5) is 11.6 Å². The minimum Gasteiger partial charge on any atom is -0.383 e. The zero-order valence-corrected chi connectivity index (χ0v) is 21.7. The van der Waals surface area contributed by atoms with Crippen LogP contribution in [0.15, 0.2) is 73.1 Å². The number of hydrogen-bond acceptors (Lipinski definition) is 9. The number of likely N-dealkylation sites (tertiary alicyclic amines) is 1. The molecule has 1 fully saturated rings. The van der Waals surface area contributed by atoms with Gasteiger partial charge in [-0.25, -0.2) is 19.9 Å². The van der Waals surface area contributed by atoms with Gasteiger partial charge in [0.15, 0.2) is 0 Å². The van der Waals surface area contributed by atoms with Crippen molar-refractivity contribution in [2.45, 2.75) is 25.4 Å². The molecule has 4 heterocycles. The number of imidazole rings is 1. The number of nitrogens with two attached hydrogens (primary N) is 1. The summed E-state index contributed by atoms with van der Waals surface area (Å²) in [4.78, 5) is 19.7. The van der Waals surface area contributed by atoms with Crippen LogP contribution in [0.2, 0.25) is 0 Å². The molecule has 3 N–H and O–H groups in total. The number of pyridine rings is 1. The first kappa shape index (κ1) is 25.0. The van der Waals surface area contributed by atoms with Crippen molar-refractivity contribution >= 4 is 22.7 Å². The predicted molar refractivity (Wildman–Crippen MR) is 152 cm³/mol. The van der Waals surface area contributed by atoms with Gasteiger partial charge < -0.3 is 11.1 Å². The molecule has 0 atom stereocenters. The van der Waals surface area contributed by atoms with E-state index in [1.165, 1.54) is 5.56 Å². The van der Waals surface area contributed by atoms with E-state index in [4.69, 9.17) is 16.0 Å². The molecule has 2 aromatic carbocycles. The molecule has 3 aromatic heterocycles. The number of fused-ring (bicyclic) bond motifs is 1. The van der Waals surface area contributed by atoms with Crippen LogP contribution < -0.4 is 11.1 Å². The summed E-state index contributed by atoms with van der Waals surface area (Å²) in [5.41, 5.74) is 11.3. The second-order valence-electron chi connectivity index (χ2n) is 9.76. The Balaban J connectivity index is 1.19. The van der Waals surface area contributed by atoms with Gasteiger partial charge in [0.1, 0.15) is 23.5 Å². The van der Waals surface area contributed by atoms with Crippen molar-refractivity contribution in [2.75, 3.05) is 24.1 Å². The summed E-state index contributed by atoms with van der Waals surface area (Å²) in [5, 5.41) is 21.8.